The van der Waals surface area contributed by atoms with E-state index in [4.69, 9.17) is 9.15 Å². The first-order valence-electron chi connectivity index (χ1n) is 9.41. The number of rotatable bonds is 5. The second-order valence-corrected chi connectivity index (χ2v) is 8.07. The number of aryl methyl sites for hydroxylation is 2. The van der Waals surface area contributed by atoms with Crippen LogP contribution in [0.4, 0.5) is 0 Å². The molecule has 3 heterocycles. The lowest BCUT2D eigenvalue weighted by Crippen LogP contribution is -2.26. The number of hydrogen-bond acceptors (Lipinski definition) is 6. The fourth-order valence-corrected chi connectivity index (χ4v) is 4.51. The van der Waals surface area contributed by atoms with Gasteiger partial charge in [0, 0.05) is 5.56 Å². The highest BCUT2D eigenvalue weighted by molar-refractivity contribution is 7.20. The number of hydrogen-bond donors (Lipinski definition) is 2. The van der Waals surface area contributed by atoms with Crippen LogP contribution in [0.5, 0.6) is 5.75 Å². The average Bonchev–Trinajstić information content (AvgIpc) is 3.36. The fourth-order valence-electron chi connectivity index (χ4n) is 3.42. The van der Waals surface area contributed by atoms with E-state index < -0.39 is 0 Å². The Kier molecular flexibility index (Phi) is 5.17. The van der Waals surface area contributed by atoms with Crippen molar-refractivity contribution in [2.24, 2.45) is 0 Å². The molecule has 1 aromatic carbocycles. The molecule has 0 spiro atoms. The zero-order valence-corrected chi connectivity index (χ0v) is 17.8. The quantitative estimate of drug-likeness (QED) is 0.497. The third kappa shape index (κ3) is 3.50. The van der Waals surface area contributed by atoms with Crippen molar-refractivity contribution in [1.82, 2.24) is 15.3 Å². The maximum Gasteiger partial charge on any atom is 0.262 e. The molecule has 2 N–H and O–H groups in total. The number of aromatic amines is 1. The molecule has 4 aromatic rings. The highest BCUT2D eigenvalue weighted by atomic mass is 32.1. The third-order valence-corrected chi connectivity index (χ3v) is 6.15. The number of aromatic nitrogens is 2. The maximum absolute atomic E-state index is 13.0. The van der Waals surface area contributed by atoms with E-state index in [1.807, 2.05) is 32.0 Å². The highest BCUT2D eigenvalue weighted by Crippen LogP contribution is 2.30. The molecular formula is C22H21N3O4S. The van der Waals surface area contributed by atoms with E-state index >= 15 is 0 Å². The first-order valence-corrected chi connectivity index (χ1v) is 10.2. The summed E-state index contributed by atoms with van der Waals surface area (Å²) in [5.74, 6) is 1.25. The number of amides is 1. The lowest BCUT2D eigenvalue weighted by atomic mass is 10.0. The van der Waals surface area contributed by atoms with Gasteiger partial charge < -0.3 is 19.5 Å². The van der Waals surface area contributed by atoms with Crippen molar-refractivity contribution in [3.05, 3.63) is 68.5 Å². The predicted molar refractivity (Wildman–Crippen MR) is 116 cm³/mol. The summed E-state index contributed by atoms with van der Waals surface area (Å²) in [4.78, 5) is 33.8. The van der Waals surface area contributed by atoms with Gasteiger partial charge in [0.25, 0.3) is 11.5 Å². The summed E-state index contributed by atoms with van der Waals surface area (Å²) in [6.45, 7) is 5.65. The Labute approximate surface area is 176 Å². The van der Waals surface area contributed by atoms with Crippen molar-refractivity contribution < 1.29 is 13.9 Å². The van der Waals surface area contributed by atoms with Gasteiger partial charge in [0.15, 0.2) is 11.6 Å². The number of H-pyrrole nitrogens is 1. The summed E-state index contributed by atoms with van der Waals surface area (Å²) < 4.78 is 10.8. The predicted octanol–water partition coefficient (Wildman–Crippen LogP) is 4.36. The van der Waals surface area contributed by atoms with Gasteiger partial charge >= 0.3 is 0 Å². The molecule has 154 valence electrons. The number of fused-ring (bicyclic) bond motifs is 1. The highest BCUT2D eigenvalue weighted by Gasteiger charge is 2.22. The van der Waals surface area contributed by atoms with Crippen LogP contribution in [-0.4, -0.2) is 23.0 Å². The van der Waals surface area contributed by atoms with Crippen LogP contribution in [0.25, 0.3) is 21.8 Å². The summed E-state index contributed by atoms with van der Waals surface area (Å²) in [6.07, 6.45) is 1.51. The van der Waals surface area contributed by atoms with E-state index in [1.54, 1.807) is 26.2 Å². The molecule has 0 radical (unpaired) electrons. The summed E-state index contributed by atoms with van der Waals surface area (Å²) in [7, 11) is 1.60. The minimum Gasteiger partial charge on any atom is -0.496 e. The first kappa shape index (κ1) is 19.9. The average molecular weight is 423 g/mol. The van der Waals surface area contributed by atoms with E-state index in [1.165, 1.54) is 17.6 Å². The lowest BCUT2D eigenvalue weighted by molar-refractivity contribution is 0.0943. The van der Waals surface area contributed by atoms with Crippen molar-refractivity contribution in [2.75, 3.05) is 7.11 Å². The number of nitrogens with zero attached hydrogens (tertiary/aromatic N) is 1. The number of methoxy groups -OCH3 is 1. The van der Waals surface area contributed by atoms with Gasteiger partial charge in [-0.1, -0.05) is 17.7 Å². The largest absolute Gasteiger partial charge is 0.496 e. The van der Waals surface area contributed by atoms with Crippen molar-refractivity contribution in [2.45, 2.75) is 26.8 Å². The van der Waals surface area contributed by atoms with Crippen molar-refractivity contribution in [1.29, 1.82) is 0 Å². The number of nitrogens with one attached hydrogen (secondary N) is 2. The summed E-state index contributed by atoms with van der Waals surface area (Å²) in [5.41, 5.74) is 2.27. The van der Waals surface area contributed by atoms with Gasteiger partial charge in [-0.25, -0.2) is 4.98 Å². The maximum atomic E-state index is 13.0. The fraction of sp³-hybridized carbons (Fsp3) is 0.227. The number of ether oxygens (including phenoxy) is 1. The molecule has 3 aromatic heterocycles. The number of furan rings is 1. The van der Waals surface area contributed by atoms with Gasteiger partial charge in [-0.05, 0) is 44.5 Å². The van der Waals surface area contributed by atoms with Gasteiger partial charge in [-0.15, -0.1) is 11.3 Å². The van der Waals surface area contributed by atoms with E-state index in [9.17, 15) is 9.59 Å². The van der Waals surface area contributed by atoms with Crippen LogP contribution in [0.15, 0.2) is 45.8 Å². The monoisotopic (exact) mass is 423 g/mol. The molecule has 0 fully saturated rings. The molecule has 1 amide bonds. The van der Waals surface area contributed by atoms with E-state index in [-0.39, 0.29) is 17.5 Å². The number of thiophene rings is 1. The smallest absolute Gasteiger partial charge is 0.262 e. The normalized spacial score (nSPS) is 12.1. The van der Waals surface area contributed by atoms with Crippen molar-refractivity contribution in [3.63, 3.8) is 0 Å². The number of benzene rings is 1. The van der Waals surface area contributed by atoms with E-state index in [0.717, 1.165) is 11.1 Å². The van der Waals surface area contributed by atoms with Crippen LogP contribution in [0.2, 0.25) is 0 Å². The Bertz CT molecular complexity index is 1290. The first-order chi connectivity index (χ1) is 14.4. The second-order valence-electron chi connectivity index (χ2n) is 7.07. The van der Waals surface area contributed by atoms with Gasteiger partial charge in [0.05, 0.1) is 29.7 Å². The summed E-state index contributed by atoms with van der Waals surface area (Å²) in [5, 5.41) is 3.43. The van der Waals surface area contributed by atoms with Crippen LogP contribution in [0.1, 0.15) is 39.3 Å². The Morgan fingerprint density at radius 1 is 1.30 bits per heavy atom. The van der Waals surface area contributed by atoms with Crippen molar-refractivity contribution in [3.8, 4) is 17.3 Å². The number of carbonyl (C=O) groups excluding carboxylic acids is 1. The van der Waals surface area contributed by atoms with Crippen LogP contribution >= 0.6 is 11.3 Å². The Morgan fingerprint density at radius 2 is 2.10 bits per heavy atom. The van der Waals surface area contributed by atoms with Crippen LogP contribution in [0.3, 0.4) is 0 Å². The van der Waals surface area contributed by atoms with Crippen LogP contribution in [-0.2, 0) is 0 Å². The Morgan fingerprint density at radius 3 is 2.80 bits per heavy atom. The molecule has 0 saturated heterocycles. The zero-order chi connectivity index (χ0) is 21.4. The Hall–Kier alpha value is -3.39. The standard InChI is InChI=1S/C22H21N3O4S/c1-11-7-8-15(28-4)14(10-11)13(3)23-21(27)18-12(2)17-20(26)24-19(25-22(17)30-18)16-6-5-9-29-16/h5-10,13H,1-4H3,(H,23,27)(H,24,25,26). The SMILES string of the molecule is COc1ccc(C)cc1C(C)NC(=O)c1sc2nc(-c3ccco3)[nH]c(=O)c2c1C. The van der Waals surface area contributed by atoms with Crippen LogP contribution < -0.4 is 15.6 Å². The second kappa shape index (κ2) is 7.79. The molecular weight excluding hydrogens is 402 g/mol. The van der Waals surface area contributed by atoms with Gasteiger partial charge in [0.2, 0.25) is 0 Å². The lowest BCUT2D eigenvalue weighted by Gasteiger charge is -2.18. The van der Waals surface area contributed by atoms with Gasteiger partial charge in [0.1, 0.15) is 10.6 Å². The molecule has 30 heavy (non-hydrogen) atoms. The molecule has 4 rings (SSSR count). The minimum absolute atomic E-state index is 0.259. The number of carbonyl (C=O) groups is 1. The van der Waals surface area contributed by atoms with Gasteiger partial charge in [-0.2, -0.15) is 0 Å². The molecule has 0 aliphatic rings. The topological polar surface area (TPSA) is 97.2 Å². The molecule has 1 atom stereocenters. The minimum atomic E-state index is -0.299. The summed E-state index contributed by atoms with van der Waals surface area (Å²) >= 11 is 1.19. The van der Waals surface area contributed by atoms with Gasteiger partial charge in [-0.3, -0.25) is 9.59 Å². The summed E-state index contributed by atoms with van der Waals surface area (Å²) in [6, 6.07) is 9.00. The molecule has 0 aliphatic carbocycles. The van der Waals surface area contributed by atoms with E-state index in [0.29, 0.717) is 38.0 Å². The van der Waals surface area contributed by atoms with Crippen LogP contribution in [0, 0.1) is 13.8 Å². The molecule has 7 nitrogen and oxygen atoms in total. The Balaban J connectivity index is 1.68. The molecule has 0 aliphatic heterocycles. The van der Waals surface area contributed by atoms with E-state index in [2.05, 4.69) is 15.3 Å². The third-order valence-electron chi connectivity index (χ3n) is 4.96. The molecule has 8 heteroatoms. The zero-order valence-electron chi connectivity index (χ0n) is 17.0. The molecule has 0 saturated carbocycles. The molecule has 0 bridgehead atoms. The van der Waals surface area contributed by atoms with Crippen molar-refractivity contribution >= 4 is 27.5 Å². The molecule has 1 unspecified atom stereocenters.